The molecular formula is C48H30N4. The predicted molar refractivity (Wildman–Crippen MR) is 216 cm³/mol. The number of rotatable bonds is 5. The van der Waals surface area contributed by atoms with Gasteiger partial charge in [-0.1, -0.05) is 133 Å². The first-order chi connectivity index (χ1) is 25.8. The quantitative estimate of drug-likeness (QED) is 0.172. The molecule has 4 heteroatoms. The maximum Gasteiger partial charge on any atom is 0.160 e. The molecule has 11 rings (SSSR count). The summed E-state index contributed by atoms with van der Waals surface area (Å²) < 4.78 is 4.87. The van der Waals surface area contributed by atoms with Crippen molar-refractivity contribution in [2.24, 2.45) is 0 Å². The molecule has 0 amide bonds. The number of hydrogen-bond donors (Lipinski definition) is 0. The van der Waals surface area contributed by atoms with Gasteiger partial charge in [0.25, 0.3) is 0 Å². The van der Waals surface area contributed by atoms with Crippen LogP contribution in [0.1, 0.15) is 0 Å². The maximum atomic E-state index is 5.16. The van der Waals surface area contributed by atoms with Crippen LogP contribution in [0.2, 0.25) is 0 Å². The van der Waals surface area contributed by atoms with Gasteiger partial charge in [-0.15, -0.1) is 0 Å². The van der Waals surface area contributed by atoms with Crippen molar-refractivity contribution in [3.63, 3.8) is 0 Å². The molecular weight excluding hydrogens is 633 g/mol. The number of aromatic nitrogens is 4. The summed E-state index contributed by atoms with van der Waals surface area (Å²) in [5.41, 5.74) is 11.9. The highest BCUT2D eigenvalue weighted by Gasteiger charge is 2.23. The second-order valence-electron chi connectivity index (χ2n) is 13.4. The molecule has 0 spiro atoms. The minimum atomic E-state index is 0.698. The Hall–Kier alpha value is -7.04. The van der Waals surface area contributed by atoms with Gasteiger partial charge in [-0.05, 0) is 53.9 Å². The molecule has 0 saturated carbocycles. The lowest BCUT2D eigenvalue weighted by Gasteiger charge is -2.12. The molecule has 0 radical (unpaired) electrons. The number of fused-ring (bicyclic) bond motifs is 4. The smallest absolute Gasteiger partial charge is 0.160 e. The first-order valence-corrected chi connectivity index (χ1v) is 17.7. The monoisotopic (exact) mass is 662 g/mol. The third-order valence-corrected chi connectivity index (χ3v) is 10.5. The van der Waals surface area contributed by atoms with Crippen molar-refractivity contribution in [2.45, 2.75) is 0 Å². The first kappa shape index (κ1) is 28.8. The lowest BCUT2D eigenvalue weighted by atomic mass is 9.99. The van der Waals surface area contributed by atoms with E-state index in [9.17, 15) is 0 Å². The van der Waals surface area contributed by atoms with Crippen molar-refractivity contribution < 1.29 is 0 Å². The van der Waals surface area contributed by atoms with E-state index in [4.69, 9.17) is 9.97 Å². The van der Waals surface area contributed by atoms with Crippen molar-refractivity contribution >= 4 is 54.4 Å². The van der Waals surface area contributed by atoms with Crippen LogP contribution in [0.25, 0.3) is 99.7 Å². The maximum absolute atomic E-state index is 5.16. The van der Waals surface area contributed by atoms with Crippen molar-refractivity contribution in [3.8, 4) is 45.3 Å². The van der Waals surface area contributed by atoms with Gasteiger partial charge in [-0.3, -0.25) is 0 Å². The number of nitrogens with zero attached hydrogens (tertiary/aromatic N) is 4. The summed E-state index contributed by atoms with van der Waals surface area (Å²) in [6.07, 6.45) is 0. The van der Waals surface area contributed by atoms with E-state index in [1.807, 2.05) is 12.1 Å². The average molecular weight is 663 g/mol. The molecule has 242 valence electrons. The van der Waals surface area contributed by atoms with Gasteiger partial charge in [0.2, 0.25) is 0 Å². The minimum Gasteiger partial charge on any atom is -0.309 e. The van der Waals surface area contributed by atoms with Gasteiger partial charge >= 0.3 is 0 Å². The predicted octanol–water partition coefficient (Wildman–Crippen LogP) is 12.3. The Balaban J connectivity index is 1.19. The van der Waals surface area contributed by atoms with Crippen molar-refractivity contribution in [2.75, 3.05) is 0 Å². The number of para-hydroxylation sites is 2. The van der Waals surface area contributed by atoms with Gasteiger partial charge in [0.05, 0.1) is 33.5 Å². The molecule has 0 aliphatic rings. The molecule has 11 aromatic rings. The molecule has 4 nitrogen and oxygen atoms in total. The zero-order valence-electron chi connectivity index (χ0n) is 28.1. The van der Waals surface area contributed by atoms with Gasteiger partial charge < -0.3 is 9.13 Å². The summed E-state index contributed by atoms with van der Waals surface area (Å²) in [6, 6.07) is 64.7. The fourth-order valence-corrected chi connectivity index (χ4v) is 8.20. The summed E-state index contributed by atoms with van der Waals surface area (Å²) in [6.45, 7) is 0. The van der Waals surface area contributed by atoms with E-state index in [0.717, 1.165) is 39.5 Å². The molecule has 0 aliphatic carbocycles. The average Bonchev–Trinajstić information content (AvgIpc) is 3.74. The topological polar surface area (TPSA) is 35.6 Å². The van der Waals surface area contributed by atoms with Crippen molar-refractivity contribution in [3.05, 3.63) is 182 Å². The molecule has 0 aliphatic heterocycles. The Morgan fingerprint density at radius 2 is 0.962 bits per heavy atom. The third-order valence-electron chi connectivity index (χ3n) is 10.5. The molecule has 52 heavy (non-hydrogen) atoms. The summed E-state index contributed by atoms with van der Waals surface area (Å²) in [7, 11) is 0. The summed E-state index contributed by atoms with van der Waals surface area (Å²) in [4.78, 5) is 10.3. The molecule has 0 unspecified atom stereocenters. The van der Waals surface area contributed by atoms with E-state index < -0.39 is 0 Å². The lowest BCUT2D eigenvalue weighted by Crippen LogP contribution is -1.98. The molecule has 0 atom stereocenters. The Kier molecular flexibility index (Phi) is 6.22. The molecule has 0 fully saturated rings. The van der Waals surface area contributed by atoms with Crippen LogP contribution in [-0.2, 0) is 0 Å². The second-order valence-corrected chi connectivity index (χ2v) is 13.4. The van der Waals surface area contributed by atoms with Crippen LogP contribution >= 0.6 is 0 Å². The highest BCUT2D eigenvalue weighted by Crippen LogP contribution is 2.45. The zero-order chi connectivity index (χ0) is 34.2. The van der Waals surface area contributed by atoms with Crippen LogP contribution in [0.15, 0.2) is 182 Å². The van der Waals surface area contributed by atoms with Gasteiger partial charge in [0.1, 0.15) is 0 Å². The molecule has 0 N–H and O–H groups in total. The van der Waals surface area contributed by atoms with E-state index in [1.54, 1.807) is 0 Å². The summed E-state index contributed by atoms with van der Waals surface area (Å²) in [5.74, 6) is 0.698. The van der Waals surface area contributed by atoms with Crippen molar-refractivity contribution in [1.29, 1.82) is 0 Å². The molecule has 0 saturated heterocycles. The van der Waals surface area contributed by atoms with Crippen LogP contribution in [0.3, 0.4) is 0 Å². The van der Waals surface area contributed by atoms with Crippen LogP contribution in [0, 0.1) is 0 Å². The Morgan fingerprint density at radius 1 is 0.346 bits per heavy atom. The zero-order valence-corrected chi connectivity index (χ0v) is 28.1. The fraction of sp³-hybridized carbons (Fsp3) is 0. The second kappa shape index (κ2) is 11.2. The Morgan fingerprint density at radius 3 is 1.71 bits per heavy atom. The fourth-order valence-electron chi connectivity index (χ4n) is 8.20. The first-order valence-electron chi connectivity index (χ1n) is 17.7. The normalized spacial score (nSPS) is 11.8. The van der Waals surface area contributed by atoms with Crippen LogP contribution in [0.5, 0.6) is 0 Å². The van der Waals surface area contributed by atoms with E-state index >= 15 is 0 Å². The standard InChI is InChI=1S/C48H30N4/c1-4-14-31(15-5-1)40-30-41(32-16-6-2-7-17-32)50-48(49-40)34-19-12-22-36(28-34)51-43-25-13-18-33-26-27-38-46(45(33)43)44(51)29-39-37-23-10-11-24-42(37)52(47(38)39)35-20-8-3-9-21-35/h1-30H. The van der Waals surface area contributed by atoms with Gasteiger partial charge in [-0.2, -0.15) is 0 Å². The van der Waals surface area contributed by atoms with E-state index in [2.05, 4.69) is 179 Å². The molecule has 0 bridgehead atoms. The Bertz CT molecular complexity index is 3040. The van der Waals surface area contributed by atoms with Crippen LogP contribution < -0.4 is 0 Å². The Labute approximate surface area is 299 Å². The van der Waals surface area contributed by atoms with E-state index in [-0.39, 0.29) is 0 Å². The largest absolute Gasteiger partial charge is 0.309 e. The van der Waals surface area contributed by atoms with Crippen LogP contribution in [0.4, 0.5) is 0 Å². The van der Waals surface area contributed by atoms with E-state index in [0.29, 0.717) is 5.82 Å². The SMILES string of the molecule is c1ccc(-c2cc(-c3ccccc3)nc(-c3cccc(-n4c5cccc6ccc7c(c65)c4cc4c5ccccc5n(-c5ccccc5)c47)c3)n2)cc1. The third kappa shape index (κ3) is 4.28. The lowest BCUT2D eigenvalue weighted by molar-refractivity contribution is 1.16. The van der Waals surface area contributed by atoms with E-state index in [1.165, 1.54) is 54.4 Å². The van der Waals surface area contributed by atoms with Crippen molar-refractivity contribution in [1.82, 2.24) is 19.1 Å². The highest BCUT2D eigenvalue weighted by atomic mass is 15.0. The molecule has 3 aromatic heterocycles. The number of hydrogen-bond acceptors (Lipinski definition) is 2. The molecule has 3 heterocycles. The summed E-state index contributed by atoms with van der Waals surface area (Å²) in [5, 5.41) is 7.52. The van der Waals surface area contributed by atoms with Gasteiger partial charge in [-0.25, -0.2) is 9.97 Å². The summed E-state index contributed by atoms with van der Waals surface area (Å²) >= 11 is 0. The minimum absolute atomic E-state index is 0.698. The van der Waals surface area contributed by atoms with Gasteiger partial charge in [0, 0.05) is 55.0 Å². The highest BCUT2D eigenvalue weighted by molar-refractivity contribution is 6.32. The van der Waals surface area contributed by atoms with Crippen LogP contribution in [-0.4, -0.2) is 19.1 Å². The molecule has 8 aromatic carbocycles. The van der Waals surface area contributed by atoms with Gasteiger partial charge in [0.15, 0.2) is 5.82 Å². The number of benzene rings is 8.